The van der Waals surface area contributed by atoms with Crippen molar-refractivity contribution in [2.45, 2.75) is 20.8 Å². The van der Waals surface area contributed by atoms with Crippen molar-refractivity contribution in [1.29, 1.82) is 0 Å². The molecule has 0 aliphatic rings. The minimum Gasteiger partial charge on any atom is -0.496 e. The fourth-order valence-corrected chi connectivity index (χ4v) is 2.45. The lowest BCUT2D eigenvalue weighted by Gasteiger charge is -2.14. The van der Waals surface area contributed by atoms with Crippen LogP contribution in [0.4, 0.5) is 11.4 Å². The van der Waals surface area contributed by atoms with Gasteiger partial charge in [0.25, 0.3) is 5.91 Å². The number of anilines is 2. The Morgan fingerprint density at radius 3 is 2.29 bits per heavy atom. The van der Waals surface area contributed by atoms with Crippen LogP contribution in [-0.4, -0.2) is 13.0 Å². The van der Waals surface area contributed by atoms with E-state index in [1.807, 2.05) is 32.9 Å². The summed E-state index contributed by atoms with van der Waals surface area (Å²) in [4.78, 5) is 12.5. The predicted molar refractivity (Wildman–Crippen MR) is 86.0 cm³/mol. The van der Waals surface area contributed by atoms with Crippen LogP contribution in [0.15, 0.2) is 30.3 Å². The van der Waals surface area contributed by atoms with Gasteiger partial charge in [0, 0.05) is 17.4 Å². The SMILES string of the molecule is COc1cc(N)ccc1C(=O)Nc1c(C)cc(C)cc1C. The molecule has 0 fully saturated rings. The minimum atomic E-state index is -0.207. The number of hydrogen-bond acceptors (Lipinski definition) is 3. The third-order valence-corrected chi connectivity index (χ3v) is 3.39. The molecule has 0 bridgehead atoms. The average Bonchev–Trinajstić information content (AvgIpc) is 2.42. The molecule has 4 nitrogen and oxygen atoms in total. The van der Waals surface area contributed by atoms with Crippen LogP contribution < -0.4 is 15.8 Å². The Morgan fingerprint density at radius 1 is 1.10 bits per heavy atom. The zero-order valence-electron chi connectivity index (χ0n) is 12.8. The van der Waals surface area contributed by atoms with Gasteiger partial charge in [-0.2, -0.15) is 0 Å². The Labute approximate surface area is 124 Å². The second kappa shape index (κ2) is 5.87. The first-order valence-electron chi connectivity index (χ1n) is 6.75. The average molecular weight is 284 g/mol. The largest absolute Gasteiger partial charge is 0.496 e. The molecule has 0 aliphatic heterocycles. The van der Waals surface area contributed by atoms with E-state index in [-0.39, 0.29) is 5.91 Å². The van der Waals surface area contributed by atoms with Gasteiger partial charge in [-0.1, -0.05) is 17.7 Å². The van der Waals surface area contributed by atoms with E-state index in [0.29, 0.717) is 17.0 Å². The molecular weight excluding hydrogens is 264 g/mol. The van der Waals surface area contributed by atoms with E-state index in [0.717, 1.165) is 16.8 Å². The van der Waals surface area contributed by atoms with Crippen molar-refractivity contribution in [3.8, 4) is 5.75 Å². The fraction of sp³-hybridized carbons (Fsp3) is 0.235. The van der Waals surface area contributed by atoms with Crippen LogP contribution >= 0.6 is 0 Å². The van der Waals surface area contributed by atoms with Crippen molar-refractivity contribution in [2.24, 2.45) is 0 Å². The molecule has 0 saturated carbocycles. The Balaban J connectivity index is 2.35. The van der Waals surface area contributed by atoms with Gasteiger partial charge in [0.15, 0.2) is 0 Å². The van der Waals surface area contributed by atoms with Crippen LogP contribution in [0.1, 0.15) is 27.0 Å². The van der Waals surface area contributed by atoms with E-state index < -0.39 is 0 Å². The molecule has 3 N–H and O–H groups in total. The number of ether oxygens (including phenoxy) is 1. The number of aryl methyl sites for hydroxylation is 3. The fourth-order valence-electron chi connectivity index (χ4n) is 2.45. The first kappa shape index (κ1) is 14.9. The van der Waals surface area contributed by atoms with Crippen LogP contribution in [0.5, 0.6) is 5.75 Å². The minimum absolute atomic E-state index is 0.207. The van der Waals surface area contributed by atoms with E-state index in [2.05, 4.69) is 5.32 Å². The van der Waals surface area contributed by atoms with Gasteiger partial charge in [-0.05, 0) is 44.0 Å². The third kappa shape index (κ3) is 3.16. The number of amides is 1. The number of nitrogens with one attached hydrogen (secondary N) is 1. The van der Waals surface area contributed by atoms with Gasteiger partial charge in [0.2, 0.25) is 0 Å². The zero-order chi connectivity index (χ0) is 15.6. The van der Waals surface area contributed by atoms with Crippen LogP contribution in [0.2, 0.25) is 0 Å². The lowest BCUT2D eigenvalue weighted by molar-refractivity contribution is 0.102. The second-order valence-electron chi connectivity index (χ2n) is 5.19. The van der Waals surface area contributed by atoms with Crippen LogP contribution in [0, 0.1) is 20.8 Å². The molecule has 0 spiro atoms. The number of nitrogen functional groups attached to an aromatic ring is 1. The first-order chi connectivity index (χ1) is 9.92. The number of rotatable bonds is 3. The molecule has 0 radical (unpaired) electrons. The smallest absolute Gasteiger partial charge is 0.259 e. The summed E-state index contributed by atoms with van der Waals surface area (Å²) in [5, 5.41) is 2.96. The molecular formula is C17H20N2O2. The molecule has 0 saturated heterocycles. The highest BCUT2D eigenvalue weighted by Crippen LogP contribution is 2.26. The molecule has 2 aromatic carbocycles. The summed E-state index contributed by atoms with van der Waals surface area (Å²) in [6.45, 7) is 6.00. The van der Waals surface area contributed by atoms with Crippen molar-refractivity contribution in [3.05, 3.63) is 52.6 Å². The molecule has 0 aromatic heterocycles. The second-order valence-corrected chi connectivity index (χ2v) is 5.19. The molecule has 0 aliphatic carbocycles. The molecule has 2 aromatic rings. The predicted octanol–water partition coefficient (Wildman–Crippen LogP) is 3.45. The van der Waals surface area contributed by atoms with Crippen molar-refractivity contribution < 1.29 is 9.53 Å². The number of carbonyl (C=O) groups is 1. The Kier molecular flexibility index (Phi) is 4.17. The van der Waals surface area contributed by atoms with Gasteiger partial charge in [0.05, 0.1) is 12.7 Å². The van der Waals surface area contributed by atoms with Crippen LogP contribution in [0.25, 0.3) is 0 Å². The summed E-state index contributed by atoms with van der Waals surface area (Å²) < 4.78 is 5.22. The number of benzene rings is 2. The molecule has 0 atom stereocenters. The molecule has 21 heavy (non-hydrogen) atoms. The monoisotopic (exact) mass is 284 g/mol. The molecule has 4 heteroatoms. The quantitative estimate of drug-likeness (QED) is 0.848. The maximum absolute atomic E-state index is 12.5. The number of nitrogens with two attached hydrogens (primary N) is 1. The molecule has 0 heterocycles. The maximum atomic E-state index is 12.5. The lowest BCUT2D eigenvalue weighted by Crippen LogP contribution is -2.15. The van der Waals surface area contributed by atoms with Gasteiger partial charge in [-0.3, -0.25) is 4.79 Å². The lowest BCUT2D eigenvalue weighted by atomic mass is 10.0. The van der Waals surface area contributed by atoms with Crippen molar-refractivity contribution >= 4 is 17.3 Å². The normalized spacial score (nSPS) is 10.3. The summed E-state index contributed by atoms with van der Waals surface area (Å²) in [6, 6.07) is 9.09. The Hall–Kier alpha value is -2.49. The zero-order valence-corrected chi connectivity index (χ0v) is 12.8. The Bertz CT molecular complexity index is 670. The number of methoxy groups -OCH3 is 1. The van der Waals surface area contributed by atoms with Gasteiger partial charge in [-0.15, -0.1) is 0 Å². The molecule has 1 amide bonds. The van der Waals surface area contributed by atoms with Crippen LogP contribution in [0.3, 0.4) is 0 Å². The van der Waals surface area contributed by atoms with E-state index in [4.69, 9.17) is 10.5 Å². The summed E-state index contributed by atoms with van der Waals surface area (Å²) in [6.07, 6.45) is 0. The highest BCUT2D eigenvalue weighted by atomic mass is 16.5. The van der Waals surface area contributed by atoms with Crippen molar-refractivity contribution in [1.82, 2.24) is 0 Å². The number of carbonyl (C=O) groups excluding carboxylic acids is 1. The Morgan fingerprint density at radius 2 is 1.71 bits per heavy atom. The maximum Gasteiger partial charge on any atom is 0.259 e. The van der Waals surface area contributed by atoms with E-state index >= 15 is 0 Å². The molecule has 110 valence electrons. The van der Waals surface area contributed by atoms with Crippen molar-refractivity contribution in [2.75, 3.05) is 18.2 Å². The van der Waals surface area contributed by atoms with E-state index in [1.165, 1.54) is 12.7 Å². The first-order valence-corrected chi connectivity index (χ1v) is 6.75. The summed E-state index contributed by atoms with van der Waals surface area (Å²) in [5.74, 6) is 0.261. The van der Waals surface area contributed by atoms with E-state index in [1.54, 1.807) is 18.2 Å². The summed E-state index contributed by atoms with van der Waals surface area (Å²) in [7, 11) is 1.52. The van der Waals surface area contributed by atoms with Gasteiger partial charge >= 0.3 is 0 Å². The number of hydrogen-bond donors (Lipinski definition) is 2. The van der Waals surface area contributed by atoms with Crippen LogP contribution in [-0.2, 0) is 0 Å². The standard InChI is InChI=1S/C17H20N2O2/c1-10-7-11(2)16(12(3)8-10)19-17(20)14-6-5-13(18)9-15(14)21-4/h5-9H,18H2,1-4H3,(H,19,20). The summed E-state index contributed by atoms with van der Waals surface area (Å²) >= 11 is 0. The molecule has 0 unspecified atom stereocenters. The van der Waals surface area contributed by atoms with Gasteiger partial charge in [-0.25, -0.2) is 0 Å². The third-order valence-electron chi connectivity index (χ3n) is 3.39. The van der Waals surface area contributed by atoms with Crippen molar-refractivity contribution in [3.63, 3.8) is 0 Å². The van der Waals surface area contributed by atoms with Gasteiger partial charge in [0.1, 0.15) is 5.75 Å². The summed E-state index contributed by atoms with van der Waals surface area (Å²) in [5.41, 5.74) is 10.8. The highest BCUT2D eigenvalue weighted by molar-refractivity contribution is 6.07. The molecule has 2 rings (SSSR count). The van der Waals surface area contributed by atoms with Gasteiger partial charge < -0.3 is 15.8 Å². The topological polar surface area (TPSA) is 64.3 Å². The van der Waals surface area contributed by atoms with E-state index in [9.17, 15) is 4.79 Å². The highest BCUT2D eigenvalue weighted by Gasteiger charge is 2.14.